The number of carbonyl (C=O) groups is 2. The van der Waals surface area contributed by atoms with Gasteiger partial charge in [-0.2, -0.15) is 0 Å². The average Bonchev–Trinajstić information content (AvgIpc) is 3.04. The minimum Gasteiger partial charge on any atom is -0.491 e. The number of hydrogen-bond acceptors (Lipinski definition) is 5. The van der Waals surface area contributed by atoms with Crippen LogP contribution in [0.5, 0.6) is 5.75 Å². The molecule has 0 aliphatic carbocycles. The van der Waals surface area contributed by atoms with Crippen molar-refractivity contribution in [1.82, 2.24) is 5.32 Å². The zero-order valence-corrected chi connectivity index (χ0v) is 13.0. The lowest BCUT2D eigenvalue weighted by atomic mass is 10.1. The molecule has 2 atom stereocenters. The maximum absolute atomic E-state index is 12.0. The number of aliphatic carboxylic acids is 1. The van der Waals surface area contributed by atoms with E-state index in [1.165, 1.54) is 0 Å². The second-order valence-corrected chi connectivity index (χ2v) is 5.24. The second-order valence-electron chi connectivity index (χ2n) is 5.24. The summed E-state index contributed by atoms with van der Waals surface area (Å²) in [6, 6.07) is 7.39. The summed E-state index contributed by atoms with van der Waals surface area (Å²) in [5.41, 5.74) is 0.890. The van der Waals surface area contributed by atoms with Gasteiger partial charge in [0.2, 0.25) is 5.91 Å². The van der Waals surface area contributed by atoms with Crippen LogP contribution >= 0.6 is 0 Å². The Morgan fingerprint density at radius 2 is 2.09 bits per heavy atom. The van der Waals surface area contributed by atoms with Crippen LogP contribution in [0.3, 0.4) is 0 Å². The fraction of sp³-hybridized carbons (Fsp3) is 0.500. The van der Waals surface area contributed by atoms with Crippen LogP contribution in [0.4, 0.5) is 0 Å². The van der Waals surface area contributed by atoms with Gasteiger partial charge in [-0.25, -0.2) is 4.79 Å². The number of benzene rings is 1. The Balaban J connectivity index is 1.80. The molecular weight excluding hydrogens is 302 g/mol. The molecule has 0 saturated carbocycles. The van der Waals surface area contributed by atoms with E-state index < -0.39 is 18.2 Å². The van der Waals surface area contributed by atoms with Gasteiger partial charge in [0.05, 0.1) is 6.61 Å². The second kappa shape index (κ2) is 8.50. The van der Waals surface area contributed by atoms with Gasteiger partial charge in [-0.05, 0) is 30.5 Å². The molecule has 0 radical (unpaired) electrons. The standard InChI is InChI=1S/C16H21NO6/c1-21-7-8-22-12-4-2-3-11(9-12)10-17-15(18)13-5-6-14(23-13)16(19)20/h2-4,9,13-14H,5-8,10H2,1H3,(H,17,18)(H,19,20)/t13-,14+/m0/s1. The number of ether oxygens (including phenoxy) is 3. The summed E-state index contributed by atoms with van der Waals surface area (Å²) < 4.78 is 15.6. The molecule has 2 N–H and O–H groups in total. The highest BCUT2D eigenvalue weighted by Crippen LogP contribution is 2.20. The van der Waals surface area contributed by atoms with Gasteiger partial charge in [-0.15, -0.1) is 0 Å². The normalized spacial score (nSPS) is 20.2. The van der Waals surface area contributed by atoms with E-state index in [0.29, 0.717) is 38.3 Å². The summed E-state index contributed by atoms with van der Waals surface area (Å²) in [7, 11) is 1.61. The van der Waals surface area contributed by atoms with Crippen molar-refractivity contribution in [2.24, 2.45) is 0 Å². The van der Waals surface area contributed by atoms with Gasteiger partial charge in [0.25, 0.3) is 0 Å². The van der Waals surface area contributed by atoms with Crippen molar-refractivity contribution in [2.75, 3.05) is 20.3 Å². The lowest BCUT2D eigenvalue weighted by molar-refractivity contribution is -0.151. The number of nitrogens with one attached hydrogen (secondary N) is 1. The molecule has 126 valence electrons. The first-order valence-corrected chi connectivity index (χ1v) is 7.47. The van der Waals surface area contributed by atoms with E-state index in [9.17, 15) is 9.59 Å². The SMILES string of the molecule is COCCOc1cccc(CNC(=O)[C@@H]2CC[C@H](C(=O)O)O2)c1. The predicted octanol–water partition coefficient (Wildman–Crippen LogP) is 0.960. The van der Waals surface area contributed by atoms with E-state index in [4.69, 9.17) is 19.3 Å². The minimum atomic E-state index is -1.03. The van der Waals surface area contributed by atoms with Crippen molar-refractivity contribution in [3.8, 4) is 5.75 Å². The Kier molecular flexibility index (Phi) is 6.37. The molecule has 7 heteroatoms. The van der Waals surface area contributed by atoms with Crippen molar-refractivity contribution in [3.63, 3.8) is 0 Å². The molecule has 1 aliphatic rings. The fourth-order valence-electron chi connectivity index (χ4n) is 2.30. The minimum absolute atomic E-state index is 0.292. The maximum atomic E-state index is 12.0. The van der Waals surface area contributed by atoms with E-state index >= 15 is 0 Å². The first kappa shape index (κ1) is 17.2. The van der Waals surface area contributed by atoms with Gasteiger partial charge >= 0.3 is 5.97 Å². The van der Waals surface area contributed by atoms with E-state index in [2.05, 4.69) is 5.32 Å². The number of carboxylic acid groups (broad SMARTS) is 1. The number of rotatable bonds is 8. The number of carboxylic acids is 1. The molecule has 0 spiro atoms. The smallest absolute Gasteiger partial charge is 0.332 e. The van der Waals surface area contributed by atoms with Crippen LogP contribution in [0.15, 0.2) is 24.3 Å². The molecule has 0 bridgehead atoms. The molecule has 1 fully saturated rings. The maximum Gasteiger partial charge on any atom is 0.332 e. The largest absolute Gasteiger partial charge is 0.491 e. The Morgan fingerprint density at radius 3 is 2.78 bits per heavy atom. The van der Waals surface area contributed by atoms with E-state index in [1.54, 1.807) is 7.11 Å². The summed E-state index contributed by atoms with van der Waals surface area (Å²) in [4.78, 5) is 22.8. The van der Waals surface area contributed by atoms with Crippen molar-refractivity contribution < 1.29 is 28.9 Å². The van der Waals surface area contributed by atoms with Crippen molar-refractivity contribution in [1.29, 1.82) is 0 Å². The number of carbonyl (C=O) groups excluding carboxylic acids is 1. The quantitative estimate of drug-likeness (QED) is 0.692. The molecular formula is C16H21NO6. The topological polar surface area (TPSA) is 94.1 Å². The summed E-state index contributed by atoms with van der Waals surface area (Å²) in [6.45, 7) is 1.29. The molecule has 23 heavy (non-hydrogen) atoms. The third-order valence-corrected chi connectivity index (χ3v) is 3.51. The van der Waals surface area contributed by atoms with Gasteiger partial charge < -0.3 is 24.6 Å². The predicted molar refractivity (Wildman–Crippen MR) is 81.2 cm³/mol. The van der Waals surface area contributed by atoms with Crippen LogP contribution in [0.2, 0.25) is 0 Å². The zero-order chi connectivity index (χ0) is 16.7. The van der Waals surface area contributed by atoms with Crippen LogP contribution < -0.4 is 10.1 Å². The molecule has 1 saturated heterocycles. The van der Waals surface area contributed by atoms with E-state index in [0.717, 1.165) is 5.56 Å². The molecule has 1 amide bonds. The lowest BCUT2D eigenvalue weighted by Crippen LogP contribution is -2.35. The Bertz CT molecular complexity index is 547. The third-order valence-electron chi connectivity index (χ3n) is 3.51. The highest BCUT2D eigenvalue weighted by molar-refractivity contribution is 5.82. The monoisotopic (exact) mass is 323 g/mol. The summed E-state index contributed by atoms with van der Waals surface area (Å²) in [6.07, 6.45) is -0.806. The van der Waals surface area contributed by atoms with Gasteiger partial charge in [-0.1, -0.05) is 12.1 Å². The van der Waals surface area contributed by atoms with Crippen LogP contribution in [-0.4, -0.2) is 49.5 Å². The summed E-state index contributed by atoms with van der Waals surface area (Å²) in [5.74, 6) is -0.613. The number of hydrogen-bond donors (Lipinski definition) is 2. The van der Waals surface area contributed by atoms with Crippen molar-refractivity contribution >= 4 is 11.9 Å². The molecule has 0 aromatic heterocycles. The first-order valence-electron chi connectivity index (χ1n) is 7.47. The van der Waals surface area contributed by atoms with Gasteiger partial charge in [0.15, 0.2) is 6.10 Å². The van der Waals surface area contributed by atoms with Gasteiger partial charge in [0.1, 0.15) is 18.5 Å². The van der Waals surface area contributed by atoms with Gasteiger partial charge in [-0.3, -0.25) is 4.79 Å². The molecule has 1 aliphatic heterocycles. The highest BCUT2D eigenvalue weighted by Gasteiger charge is 2.34. The third kappa shape index (κ3) is 5.22. The van der Waals surface area contributed by atoms with Crippen molar-refractivity contribution in [2.45, 2.75) is 31.6 Å². The molecule has 0 unspecified atom stereocenters. The van der Waals surface area contributed by atoms with Crippen LogP contribution in [0, 0.1) is 0 Å². The van der Waals surface area contributed by atoms with Crippen LogP contribution in [0.25, 0.3) is 0 Å². The fourth-order valence-corrected chi connectivity index (χ4v) is 2.30. The van der Waals surface area contributed by atoms with Gasteiger partial charge in [0, 0.05) is 13.7 Å². The average molecular weight is 323 g/mol. The molecule has 7 nitrogen and oxygen atoms in total. The van der Waals surface area contributed by atoms with Crippen molar-refractivity contribution in [3.05, 3.63) is 29.8 Å². The van der Waals surface area contributed by atoms with E-state index in [-0.39, 0.29) is 5.91 Å². The number of methoxy groups -OCH3 is 1. The number of amides is 1. The highest BCUT2D eigenvalue weighted by atomic mass is 16.5. The Hall–Kier alpha value is -2.12. The zero-order valence-electron chi connectivity index (χ0n) is 13.0. The van der Waals surface area contributed by atoms with Crippen LogP contribution in [-0.2, 0) is 25.6 Å². The first-order chi connectivity index (χ1) is 11.1. The molecule has 1 aromatic rings. The Labute approximate surface area is 134 Å². The van der Waals surface area contributed by atoms with E-state index in [1.807, 2.05) is 24.3 Å². The molecule has 1 aromatic carbocycles. The van der Waals surface area contributed by atoms with Crippen LogP contribution in [0.1, 0.15) is 18.4 Å². The molecule has 2 rings (SSSR count). The summed E-state index contributed by atoms with van der Waals surface area (Å²) in [5, 5.41) is 11.6. The Morgan fingerprint density at radius 1 is 1.30 bits per heavy atom. The lowest BCUT2D eigenvalue weighted by Gasteiger charge is -2.12. The summed E-state index contributed by atoms with van der Waals surface area (Å²) >= 11 is 0. The molecule has 1 heterocycles.